The van der Waals surface area contributed by atoms with Crippen LogP contribution in [0.1, 0.15) is 19.8 Å². The highest BCUT2D eigenvalue weighted by Gasteiger charge is 2.23. The van der Waals surface area contributed by atoms with Gasteiger partial charge in [0.2, 0.25) is 5.91 Å². The first-order valence-corrected chi connectivity index (χ1v) is 8.58. The Bertz CT molecular complexity index is 750. The Morgan fingerprint density at radius 3 is 3.08 bits per heavy atom. The van der Waals surface area contributed by atoms with Gasteiger partial charge >= 0.3 is 0 Å². The number of hydrogen-bond acceptors (Lipinski definition) is 4. The molecule has 2 aromatic rings. The third-order valence-electron chi connectivity index (χ3n) is 4.48. The van der Waals surface area contributed by atoms with E-state index in [1.165, 1.54) is 0 Å². The highest BCUT2D eigenvalue weighted by molar-refractivity contribution is 6.34. The highest BCUT2D eigenvalue weighted by Crippen LogP contribution is 2.37. The minimum atomic E-state index is 0.0178. The van der Waals surface area contributed by atoms with E-state index < -0.39 is 0 Å². The molecule has 1 amide bonds. The summed E-state index contributed by atoms with van der Waals surface area (Å²) in [5, 5.41) is 4.58. The molecule has 0 saturated carbocycles. The van der Waals surface area contributed by atoms with E-state index in [2.05, 4.69) is 15.2 Å². The van der Waals surface area contributed by atoms with Crippen LogP contribution in [0.3, 0.4) is 0 Å². The van der Waals surface area contributed by atoms with Gasteiger partial charge in [-0.15, -0.1) is 0 Å². The molecule has 128 valence electrons. The van der Waals surface area contributed by atoms with Crippen molar-refractivity contribution in [3.8, 4) is 5.75 Å². The first-order valence-electron chi connectivity index (χ1n) is 8.20. The molecule has 0 aliphatic carbocycles. The van der Waals surface area contributed by atoms with Gasteiger partial charge < -0.3 is 15.0 Å². The lowest BCUT2D eigenvalue weighted by molar-refractivity contribution is -0.119. The molecule has 1 aromatic carbocycles. The Kier molecular flexibility index (Phi) is 5.09. The summed E-state index contributed by atoms with van der Waals surface area (Å²) in [5.41, 5.74) is 1.91. The average Bonchev–Trinajstić information content (AvgIpc) is 2.59. The van der Waals surface area contributed by atoms with E-state index in [0.29, 0.717) is 17.5 Å². The van der Waals surface area contributed by atoms with Gasteiger partial charge in [0.25, 0.3) is 0 Å². The van der Waals surface area contributed by atoms with Crippen molar-refractivity contribution < 1.29 is 9.53 Å². The molecule has 2 heterocycles. The molecular weight excluding hydrogens is 326 g/mol. The van der Waals surface area contributed by atoms with E-state index in [1.807, 2.05) is 18.2 Å². The minimum Gasteiger partial charge on any atom is -0.497 e. The van der Waals surface area contributed by atoms with Crippen molar-refractivity contribution in [3.05, 3.63) is 29.4 Å². The number of ether oxygens (including phenoxy) is 1. The predicted octanol–water partition coefficient (Wildman–Crippen LogP) is 3.25. The van der Waals surface area contributed by atoms with Gasteiger partial charge in [0, 0.05) is 38.1 Å². The quantitative estimate of drug-likeness (QED) is 0.922. The molecule has 1 atom stereocenters. The second-order valence-electron chi connectivity index (χ2n) is 6.23. The number of carbonyl (C=O) groups is 1. The van der Waals surface area contributed by atoms with E-state index >= 15 is 0 Å². The number of aromatic nitrogens is 1. The molecule has 6 heteroatoms. The van der Waals surface area contributed by atoms with Gasteiger partial charge in [-0.3, -0.25) is 9.78 Å². The van der Waals surface area contributed by atoms with Crippen LogP contribution in [-0.4, -0.2) is 37.6 Å². The summed E-state index contributed by atoms with van der Waals surface area (Å²) >= 11 is 6.49. The normalized spacial score (nSPS) is 17.8. The summed E-state index contributed by atoms with van der Waals surface area (Å²) in [6.07, 6.45) is 3.90. The molecule has 1 aromatic heterocycles. The molecule has 1 aliphatic rings. The number of nitrogens with one attached hydrogen (secondary N) is 1. The fourth-order valence-electron chi connectivity index (χ4n) is 3.30. The lowest BCUT2D eigenvalue weighted by atomic mass is 9.97. The van der Waals surface area contributed by atoms with Crippen LogP contribution in [0.15, 0.2) is 24.4 Å². The van der Waals surface area contributed by atoms with E-state index in [4.69, 9.17) is 16.3 Å². The molecule has 1 unspecified atom stereocenters. The van der Waals surface area contributed by atoms with Crippen LogP contribution in [0.4, 0.5) is 5.69 Å². The maximum atomic E-state index is 11.2. The smallest absolute Gasteiger partial charge is 0.216 e. The van der Waals surface area contributed by atoms with Crippen LogP contribution in [0.25, 0.3) is 10.9 Å². The monoisotopic (exact) mass is 347 g/mol. The summed E-state index contributed by atoms with van der Waals surface area (Å²) in [6.45, 7) is 4.08. The summed E-state index contributed by atoms with van der Waals surface area (Å²) in [5.74, 6) is 1.23. The molecule has 1 saturated heterocycles. The van der Waals surface area contributed by atoms with Crippen LogP contribution in [0.2, 0.25) is 5.02 Å². The van der Waals surface area contributed by atoms with Gasteiger partial charge in [0.05, 0.1) is 23.3 Å². The van der Waals surface area contributed by atoms with Crippen molar-refractivity contribution in [2.24, 2.45) is 5.92 Å². The third kappa shape index (κ3) is 3.56. The summed E-state index contributed by atoms with van der Waals surface area (Å²) in [4.78, 5) is 17.9. The zero-order valence-electron chi connectivity index (χ0n) is 14.0. The minimum absolute atomic E-state index is 0.0178. The number of fused-ring (bicyclic) bond motifs is 1. The summed E-state index contributed by atoms with van der Waals surface area (Å²) in [7, 11) is 1.66. The first kappa shape index (κ1) is 16.8. The lowest BCUT2D eigenvalue weighted by Gasteiger charge is -2.35. The number of rotatable bonds is 4. The van der Waals surface area contributed by atoms with Crippen molar-refractivity contribution in [2.75, 3.05) is 31.6 Å². The van der Waals surface area contributed by atoms with Crippen molar-refractivity contribution in [1.29, 1.82) is 0 Å². The number of methoxy groups -OCH3 is 1. The lowest BCUT2D eigenvalue weighted by Crippen LogP contribution is -2.40. The Morgan fingerprint density at radius 1 is 1.50 bits per heavy atom. The number of pyridine rings is 1. The molecule has 1 N–H and O–H groups in total. The second kappa shape index (κ2) is 7.26. The van der Waals surface area contributed by atoms with Gasteiger partial charge in [0.15, 0.2) is 0 Å². The zero-order chi connectivity index (χ0) is 17.1. The zero-order valence-corrected chi connectivity index (χ0v) is 14.8. The van der Waals surface area contributed by atoms with Gasteiger partial charge in [-0.2, -0.15) is 0 Å². The molecular formula is C18H22ClN3O2. The molecule has 1 fully saturated rings. The number of piperidine rings is 1. The fraction of sp³-hybridized carbons (Fsp3) is 0.444. The number of anilines is 1. The van der Waals surface area contributed by atoms with E-state index in [9.17, 15) is 4.79 Å². The van der Waals surface area contributed by atoms with E-state index in [-0.39, 0.29) is 5.91 Å². The Labute approximate surface area is 146 Å². The van der Waals surface area contributed by atoms with Crippen molar-refractivity contribution in [3.63, 3.8) is 0 Å². The van der Waals surface area contributed by atoms with Gasteiger partial charge in [-0.05, 0) is 37.0 Å². The fourth-order valence-corrected chi connectivity index (χ4v) is 3.57. The van der Waals surface area contributed by atoms with Crippen LogP contribution >= 0.6 is 11.6 Å². The van der Waals surface area contributed by atoms with Crippen molar-refractivity contribution in [1.82, 2.24) is 10.3 Å². The summed E-state index contributed by atoms with van der Waals surface area (Å²) < 4.78 is 5.35. The molecule has 0 radical (unpaired) electrons. The van der Waals surface area contributed by atoms with Gasteiger partial charge in [-0.25, -0.2) is 0 Å². The molecule has 24 heavy (non-hydrogen) atoms. The van der Waals surface area contributed by atoms with E-state index in [1.54, 1.807) is 20.2 Å². The van der Waals surface area contributed by atoms with Crippen LogP contribution in [0.5, 0.6) is 5.75 Å². The van der Waals surface area contributed by atoms with Crippen LogP contribution in [0, 0.1) is 5.92 Å². The predicted molar refractivity (Wildman–Crippen MR) is 96.9 cm³/mol. The highest BCUT2D eigenvalue weighted by atomic mass is 35.5. The standard InChI is InChI=1S/C18H22ClN3O2/c1-12(23)20-9-13-4-3-7-22(11-13)18-15-8-14(24-2)5-6-17(15)21-10-16(18)19/h5-6,8,10,13H,3-4,7,9,11H2,1-2H3,(H,20,23). The number of halogens is 1. The second-order valence-corrected chi connectivity index (χ2v) is 6.64. The number of carbonyl (C=O) groups excluding carboxylic acids is 1. The first-order chi connectivity index (χ1) is 11.6. The van der Waals surface area contributed by atoms with Crippen molar-refractivity contribution in [2.45, 2.75) is 19.8 Å². The van der Waals surface area contributed by atoms with Gasteiger partial charge in [0.1, 0.15) is 5.75 Å². The third-order valence-corrected chi connectivity index (χ3v) is 4.75. The van der Waals surface area contributed by atoms with Crippen molar-refractivity contribution >= 4 is 34.1 Å². The Balaban J connectivity index is 1.92. The number of hydrogen-bond donors (Lipinski definition) is 1. The SMILES string of the molecule is COc1ccc2ncc(Cl)c(N3CCCC(CNC(C)=O)C3)c2c1. The van der Waals surface area contributed by atoms with Crippen LogP contribution < -0.4 is 15.0 Å². The Morgan fingerprint density at radius 2 is 2.33 bits per heavy atom. The maximum Gasteiger partial charge on any atom is 0.216 e. The summed E-state index contributed by atoms with van der Waals surface area (Å²) in [6, 6.07) is 5.84. The number of amides is 1. The Hall–Kier alpha value is -2.01. The number of nitrogens with zero attached hydrogens (tertiary/aromatic N) is 2. The van der Waals surface area contributed by atoms with Crippen LogP contribution in [-0.2, 0) is 4.79 Å². The molecule has 5 nitrogen and oxygen atoms in total. The molecule has 3 rings (SSSR count). The van der Waals surface area contributed by atoms with E-state index in [0.717, 1.165) is 48.3 Å². The average molecular weight is 348 g/mol. The maximum absolute atomic E-state index is 11.2. The molecule has 1 aliphatic heterocycles. The van der Waals surface area contributed by atoms with Gasteiger partial charge in [-0.1, -0.05) is 11.6 Å². The number of benzene rings is 1. The molecule has 0 bridgehead atoms. The topological polar surface area (TPSA) is 54.5 Å². The molecule has 0 spiro atoms. The largest absolute Gasteiger partial charge is 0.497 e.